The molecule has 2 heterocycles. The Morgan fingerprint density at radius 1 is 1.28 bits per heavy atom. The van der Waals surface area contributed by atoms with Crippen LogP contribution in [0.2, 0.25) is 0 Å². The Morgan fingerprint density at radius 3 is 2.56 bits per heavy atom. The first-order valence-corrected chi connectivity index (χ1v) is 10.8. The number of carbonyl (C=O) groups excluding carboxylic acids is 3. The van der Waals surface area contributed by atoms with Gasteiger partial charge in [-0.1, -0.05) is 37.3 Å². The van der Waals surface area contributed by atoms with Gasteiger partial charge in [0.25, 0.3) is 0 Å². The lowest BCUT2D eigenvalue weighted by atomic mass is 9.94. The van der Waals surface area contributed by atoms with E-state index in [1.807, 2.05) is 30.3 Å². The number of benzene rings is 1. The fourth-order valence-corrected chi connectivity index (χ4v) is 4.13. The van der Waals surface area contributed by atoms with Crippen molar-refractivity contribution in [3.8, 4) is 0 Å². The minimum absolute atomic E-state index is 0.0578. The van der Waals surface area contributed by atoms with Gasteiger partial charge in [0.2, 0.25) is 5.91 Å². The summed E-state index contributed by atoms with van der Waals surface area (Å²) in [6, 6.07) is 7.94. The quantitative estimate of drug-likeness (QED) is 0.741. The fourth-order valence-electron chi connectivity index (χ4n) is 4.13. The van der Waals surface area contributed by atoms with Crippen molar-refractivity contribution >= 4 is 18.1 Å². The molecule has 176 valence electrons. The van der Waals surface area contributed by atoms with Crippen LogP contribution in [-0.4, -0.2) is 76.1 Å². The van der Waals surface area contributed by atoms with Crippen LogP contribution in [0.3, 0.4) is 0 Å². The average molecular weight is 451 g/mol. The number of ether oxygens (including phenoxy) is 2. The minimum atomic E-state index is -1.37. The highest BCUT2D eigenvalue weighted by molar-refractivity contribution is 5.95. The maximum absolute atomic E-state index is 14.2. The Morgan fingerprint density at radius 2 is 1.94 bits per heavy atom. The first-order chi connectivity index (χ1) is 15.0. The molecule has 2 aliphatic rings. The van der Waals surface area contributed by atoms with Crippen LogP contribution in [0.15, 0.2) is 30.3 Å². The van der Waals surface area contributed by atoms with E-state index in [0.29, 0.717) is 6.42 Å². The number of cyclic esters (lactones) is 1. The molecule has 9 heteroatoms. The molecular formula is C23H31FN2O6. The lowest BCUT2D eigenvalue weighted by molar-refractivity contribution is -0.138. The number of aliphatic hydroxyl groups excluding tert-OH is 1. The highest BCUT2D eigenvalue weighted by Crippen LogP contribution is 2.30. The van der Waals surface area contributed by atoms with Gasteiger partial charge in [0.1, 0.15) is 18.4 Å². The van der Waals surface area contributed by atoms with Crippen LogP contribution in [0.25, 0.3) is 0 Å². The summed E-state index contributed by atoms with van der Waals surface area (Å²) in [5.41, 5.74) is 0.154. The molecule has 0 aromatic heterocycles. The molecule has 0 radical (unpaired) electrons. The molecular weight excluding hydrogens is 419 g/mol. The fraction of sp³-hybridized carbons (Fsp3) is 0.609. The summed E-state index contributed by atoms with van der Waals surface area (Å²) in [5, 5.41) is 10.9. The SMILES string of the molecule is CC(C(=O)N1C(=O)OC[C@H]1Cc1ccccc1)C(O)[C@@H]1C[C@H](F)CN1C(=O)OC(C)(C)C. The zero-order valence-corrected chi connectivity index (χ0v) is 18.9. The molecule has 5 atom stereocenters. The van der Waals surface area contributed by atoms with Gasteiger partial charge in [0, 0.05) is 6.42 Å². The second kappa shape index (κ2) is 9.44. The number of halogens is 1. The molecule has 8 nitrogen and oxygen atoms in total. The maximum atomic E-state index is 14.2. The van der Waals surface area contributed by atoms with Crippen molar-refractivity contribution < 1.29 is 33.4 Å². The van der Waals surface area contributed by atoms with Crippen LogP contribution in [0, 0.1) is 5.92 Å². The predicted octanol–water partition coefficient (Wildman–Crippen LogP) is 2.92. The number of likely N-dealkylation sites (tertiary alicyclic amines) is 1. The third-order valence-electron chi connectivity index (χ3n) is 5.73. The van der Waals surface area contributed by atoms with E-state index in [-0.39, 0.29) is 19.6 Å². The third-order valence-corrected chi connectivity index (χ3v) is 5.73. The molecule has 2 fully saturated rings. The molecule has 2 saturated heterocycles. The monoisotopic (exact) mass is 450 g/mol. The van der Waals surface area contributed by atoms with E-state index in [4.69, 9.17) is 9.47 Å². The van der Waals surface area contributed by atoms with E-state index in [1.54, 1.807) is 20.8 Å². The summed E-state index contributed by atoms with van der Waals surface area (Å²) < 4.78 is 24.6. The normalized spacial score (nSPS) is 25.4. The molecule has 2 unspecified atom stereocenters. The number of carbonyl (C=O) groups is 3. The van der Waals surface area contributed by atoms with E-state index in [2.05, 4.69) is 0 Å². The Kier molecular flexibility index (Phi) is 7.07. The number of rotatable bonds is 5. The summed E-state index contributed by atoms with van der Waals surface area (Å²) in [4.78, 5) is 40.2. The molecule has 3 amide bonds. The molecule has 0 saturated carbocycles. The predicted molar refractivity (Wildman–Crippen MR) is 114 cm³/mol. The van der Waals surface area contributed by atoms with E-state index in [0.717, 1.165) is 15.4 Å². The second-order valence-corrected chi connectivity index (χ2v) is 9.44. The topological polar surface area (TPSA) is 96.4 Å². The number of alkyl halides is 1. The Balaban J connectivity index is 1.73. The van der Waals surface area contributed by atoms with Crippen molar-refractivity contribution in [2.24, 2.45) is 5.92 Å². The summed E-state index contributed by atoms with van der Waals surface area (Å²) in [7, 11) is 0. The van der Waals surface area contributed by atoms with E-state index in [9.17, 15) is 23.9 Å². The van der Waals surface area contributed by atoms with Crippen LogP contribution in [0.1, 0.15) is 39.7 Å². The summed E-state index contributed by atoms with van der Waals surface area (Å²) in [6.07, 6.45) is -3.93. The minimum Gasteiger partial charge on any atom is -0.447 e. The molecule has 32 heavy (non-hydrogen) atoms. The van der Waals surface area contributed by atoms with E-state index in [1.165, 1.54) is 6.92 Å². The number of imide groups is 1. The number of aliphatic hydroxyl groups is 1. The molecule has 0 spiro atoms. The zero-order chi connectivity index (χ0) is 23.6. The molecule has 1 N–H and O–H groups in total. The van der Waals surface area contributed by atoms with Crippen molar-refractivity contribution in [3.63, 3.8) is 0 Å². The van der Waals surface area contributed by atoms with Crippen molar-refractivity contribution in [2.75, 3.05) is 13.2 Å². The van der Waals surface area contributed by atoms with Crippen LogP contribution < -0.4 is 0 Å². The maximum Gasteiger partial charge on any atom is 0.416 e. The van der Waals surface area contributed by atoms with Gasteiger partial charge in [0.05, 0.1) is 30.7 Å². The lowest BCUT2D eigenvalue weighted by Crippen LogP contribution is -2.52. The van der Waals surface area contributed by atoms with Crippen LogP contribution >= 0.6 is 0 Å². The number of nitrogens with zero attached hydrogens (tertiary/aromatic N) is 2. The molecule has 3 rings (SSSR count). The average Bonchev–Trinajstić information content (AvgIpc) is 3.28. The first-order valence-electron chi connectivity index (χ1n) is 10.8. The number of hydrogen-bond donors (Lipinski definition) is 1. The largest absolute Gasteiger partial charge is 0.447 e. The second-order valence-electron chi connectivity index (χ2n) is 9.44. The summed E-state index contributed by atoms with van der Waals surface area (Å²) in [5.74, 6) is -1.67. The van der Waals surface area contributed by atoms with Gasteiger partial charge in [-0.25, -0.2) is 18.9 Å². The van der Waals surface area contributed by atoms with Gasteiger partial charge in [0.15, 0.2) is 0 Å². The van der Waals surface area contributed by atoms with Crippen LogP contribution in [-0.2, 0) is 20.7 Å². The highest BCUT2D eigenvalue weighted by atomic mass is 19.1. The van der Waals surface area contributed by atoms with Gasteiger partial charge in [-0.15, -0.1) is 0 Å². The first kappa shape index (κ1) is 24.0. The summed E-state index contributed by atoms with van der Waals surface area (Å²) >= 11 is 0. The molecule has 1 aromatic carbocycles. The lowest BCUT2D eigenvalue weighted by Gasteiger charge is -2.33. The van der Waals surface area contributed by atoms with Crippen molar-refractivity contribution in [3.05, 3.63) is 35.9 Å². The standard InChI is InChI=1S/C23H31FN2O6/c1-14(19(27)18-11-16(24)12-25(18)21(29)32-23(2,3)4)20(28)26-17(13-31-22(26)30)10-15-8-6-5-7-9-15/h5-9,14,16-19,27H,10-13H2,1-4H3/t14?,16-,17+,18-,19?/m0/s1. The van der Waals surface area contributed by atoms with E-state index >= 15 is 0 Å². The Bertz CT molecular complexity index is 843. The third kappa shape index (κ3) is 5.38. The molecule has 1 aromatic rings. The van der Waals surface area contributed by atoms with Gasteiger partial charge in [-0.3, -0.25) is 9.69 Å². The van der Waals surface area contributed by atoms with Crippen LogP contribution in [0.5, 0.6) is 0 Å². The van der Waals surface area contributed by atoms with Gasteiger partial charge < -0.3 is 14.6 Å². The Hall–Kier alpha value is -2.68. The molecule has 2 aliphatic heterocycles. The Labute approximate surface area is 187 Å². The number of hydrogen-bond acceptors (Lipinski definition) is 6. The number of amides is 3. The highest BCUT2D eigenvalue weighted by Gasteiger charge is 2.47. The van der Waals surface area contributed by atoms with Crippen molar-refractivity contribution in [1.29, 1.82) is 0 Å². The van der Waals surface area contributed by atoms with Gasteiger partial charge in [-0.2, -0.15) is 0 Å². The zero-order valence-electron chi connectivity index (χ0n) is 18.9. The molecule has 0 bridgehead atoms. The van der Waals surface area contributed by atoms with Crippen molar-refractivity contribution in [2.45, 2.75) is 70.5 Å². The van der Waals surface area contributed by atoms with Crippen molar-refractivity contribution in [1.82, 2.24) is 9.80 Å². The van der Waals surface area contributed by atoms with Crippen LogP contribution in [0.4, 0.5) is 14.0 Å². The van der Waals surface area contributed by atoms with Gasteiger partial charge >= 0.3 is 12.2 Å². The van der Waals surface area contributed by atoms with E-state index < -0.39 is 54.0 Å². The molecule has 0 aliphatic carbocycles. The van der Waals surface area contributed by atoms with Gasteiger partial charge in [-0.05, 0) is 32.8 Å². The smallest absolute Gasteiger partial charge is 0.416 e. The summed E-state index contributed by atoms with van der Waals surface area (Å²) in [6.45, 7) is 6.38.